The van der Waals surface area contributed by atoms with Crippen molar-refractivity contribution in [2.45, 2.75) is 12.6 Å². The monoisotopic (exact) mass is 339 g/mol. The van der Waals surface area contributed by atoms with E-state index in [-0.39, 0.29) is 0 Å². The van der Waals surface area contributed by atoms with Crippen molar-refractivity contribution in [2.24, 2.45) is 5.73 Å². The fourth-order valence-corrected chi connectivity index (χ4v) is 2.41. The van der Waals surface area contributed by atoms with E-state index in [1.165, 1.54) is 0 Å². The molecule has 25 heavy (non-hydrogen) atoms. The topological polar surface area (TPSA) is 98.1 Å². The Bertz CT molecular complexity index is 816. The van der Waals surface area contributed by atoms with E-state index < -0.39 is 6.04 Å². The quantitative estimate of drug-likeness (QED) is 0.612. The molecule has 0 aliphatic heterocycles. The van der Waals surface area contributed by atoms with Crippen molar-refractivity contribution in [1.82, 2.24) is 15.2 Å². The van der Waals surface area contributed by atoms with Crippen LogP contribution in [0.3, 0.4) is 0 Å². The number of nitrogens with two attached hydrogens (primary N) is 1. The van der Waals surface area contributed by atoms with Crippen LogP contribution in [-0.4, -0.2) is 29.4 Å². The summed E-state index contributed by atoms with van der Waals surface area (Å²) in [6, 6.07) is 14.8. The standard InChI is InChI=1S/C18H21N5O2/c1-24-14-8-6-13(7-9-14)20-11-16-21-18(23-22-16)17(19)12-4-3-5-15(10-12)25-2/h3-10,17,20H,11,19H2,1-2H3,(H,21,22,23)/t17-/m0/s1. The zero-order valence-corrected chi connectivity index (χ0v) is 14.2. The molecule has 0 saturated carbocycles. The highest BCUT2D eigenvalue weighted by atomic mass is 16.5. The SMILES string of the molecule is COc1ccc(NCc2nc([C@@H](N)c3cccc(OC)c3)n[nH]2)cc1. The van der Waals surface area contributed by atoms with Crippen molar-refractivity contribution < 1.29 is 9.47 Å². The van der Waals surface area contributed by atoms with Crippen molar-refractivity contribution in [3.63, 3.8) is 0 Å². The molecule has 0 spiro atoms. The molecule has 1 atom stereocenters. The Morgan fingerprint density at radius 1 is 1.08 bits per heavy atom. The van der Waals surface area contributed by atoms with Crippen molar-refractivity contribution in [2.75, 3.05) is 19.5 Å². The minimum Gasteiger partial charge on any atom is -0.497 e. The summed E-state index contributed by atoms with van der Waals surface area (Å²) < 4.78 is 10.4. The molecule has 0 amide bonds. The predicted octanol–water partition coefficient (Wildman–Crippen LogP) is 2.48. The Balaban J connectivity index is 1.64. The van der Waals surface area contributed by atoms with E-state index in [9.17, 15) is 0 Å². The molecule has 0 aliphatic rings. The number of hydrogen-bond acceptors (Lipinski definition) is 6. The Morgan fingerprint density at radius 2 is 1.84 bits per heavy atom. The maximum absolute atomic E-state index is 6.26. The molecule has 0 bridgehead atoms. The van der Waals surface area contributed by atoms with Gasteiger partial charge in [0.1, 0.15) is 17.3 Å². The molecule has 7 heteroatoms. The summed E-state index contributed by atoms with van der Waals surface area (Å²) in [5.74, 6) is 2.82. The maximum Gasteiger partial charge on any atom is 0.171 e. The number of hydrogen-bond donors (Lipinski definition) is 3. The van der Waals surface area contributed by atoms with E-state index in [1.807, 2.05) is 48.5 Å². The number of methoxy groups -OCH3 is 2. The lowest BCUT2D eigenvalue weighted by Crippen LogP contribution is -2.14. The van der Waals surface area contributed by atoms with Crippen molar-refractivity contribution in [1.29, 1.82) is 0 Å². The number of rotatable bonds is 7. The maximum atomic E-state index is 6.26. The van der Waals surface area contributed by atoms with Gasteiger partial charge in [-0.3, -0.25) is 5.10 Å². The number of benzene rings is 2. The van der Waals surface area contributed by atoms with Gasteiger partial charge in [-0.15, -0.1) is 0 Å². The van der Waals surface area contributed by atoms with Crippen LogP contribution in [0.15, 0.2) is 48.5 Å². The van der Waals surface area contributed by atoms with Crippen LogP contribution in [0.1, 0.15) is 23.3 Å². The molecule has 1 heterocycles. The largest absolute Gasteiger partial charge is 0.497 e. The number of aromatic nitrogens is 3. The predicted molar refractivity (Wildman–Crippen MR) is 95.7 cm³/mol. The van der Waals surface area contributed by atoms with Gasteiger partial charge in [0.2, 0.25) is 0 Å². The van der Waals surface area contributed by atoms with Crippen molar-refractivity contribution >= 4 is 5.69 Å². The number of ether oxygens (including phenoxy) is 2. The van der Waals surface area contributed by atoms with Gasteiger partial charge in [0, 0.05) is 5.69 Å². The molecular formula is C18H21N5O2. The van der Waals surface area contributed by atoms with Crippen LogP contribution in [0, 0.1) is 0 Å². The second kappa shape index (κ2) is 7.67. The highest BCUT2D eigenvalue weighted by Crippen LogP contribution is 2.21. The Hall–Kier alpha value is -3.06. The fraction of sp³-hybridized carbons (Fsp3) is 0.222. The molecule has 0 saturated heterocycles. The van der Waals surface area contributed by atoms with Gasteiger partial charge in [-0.2, -0.15) is 5.10 Å². The molecule has 0 radical (unpaired) electrons. The van der Waals surface area contributed by atoms with Gasteiger partial charge < -0.3 is 20.5 Å². The Kier molecular flexibility index (Phi) is 5.15. The first-order valence-electron chi connectivity index (χ1n) is 7.88. The normalized spacial score (nSPS) is 11.8. The number of H-pyrrole nitrogens is 1. The van der Waals surface area contributed by atoms with Gasteiger partial charge in [-0.05, 0) is 42.0 Å². The van der Waals surface area contributed by atoms with Crippen LogP contribution in [0.4, 0.5) is 5.69 Å². The highest BCUT2D eigenvalue weighted by Gasteiger charge is 2.15. The van der Waals surface area contributed by atoms with Crippen LogP contribution in [0.2, 0.25) is 0 Å². The number of nitrogens with zero attached hydrogens (tertiary/aromatic N) is 2. The van der Waals surface area contributed by atoms with Crippen LogP contribution < -0.4 is 20.5 Å². The van der Waals surface area contributed by atoms with Gasteiger partial charge in [0.25, 0.3) is 0 Å². The third-order valence-electron chi connectivity index (χ3n) is 3.83. The van der Waals surface area contributed by atoms with E-state index in [1.54, 1.807) is 14.2 Å². The summed E-state index contributed by atoms with van der Waals surface area (Å²) in [5.41, 5.74) is 8.12. The number of anilines is 1. The third kappa shape index (κ3) is 4.07. The number of nitrogens with one attached hydrogen (secondary N) is 2. The Labute approximate surface area is 146 Å². The molecule has 3 aromatic rings. The molecule has 4 N–H and O–H groups in total. The molecular weight excluding hydrogens is 318 g/mol. The van der Waals surface area contributed by atoms with Gasteiger partial charge in [-0.1, -0.05) is 12.1 Å². The van der Waals surface area contributed by atoms with Crippen LogP contribution in [-0.2, 0) is 6.54 Å². The molecule has 1 aromatic heterocycles. The summed E-state index contributed by atoms with van der Waals surface area (Å²) in [4.78, 5) is 4.47. The first-order valence-corrected chi connectivity index (χ1v) is 7.88. The zero-order chi connectivity index (χ0) is 17.6. The van der Waals surface area contributed by atoms with Crippen molar-refractivity contribution in [3.05, 3.63) is 65.7 Å². The van der Waals surface area contributed by atoms with Gasteiger partial charge in [0.15, 0.2) is 5.82 Å². The molecule has 0 fully saturated rings. The smallest absolute Gasteiger partial charge is 0.171 e. The fourth-order valence-electron chi connectivity index (χ4n) is 2.41. The molecule has 130 valence electrons. The molecule has 2 aromatic carbocycles. The van der Waals surface area contributed by atoms with Crippen LogP contribution >= 0.6 is 0 Å². The second-order valence-electron chi connectivity index (χ2n) is 5.48. The molecule has 0 unspecified atom stereocenters. The average Bonchev–Trinajstić information content (AvgIpc) is 3.15. The summed E-state index contributed by atoms with van der Waals surface area (Å²) in [6.07, 6.45) is 0. The van der Waals surface area contributed by atoms with Crippen molar-refractivity contribution in [3.8, 4) is 11.5 Å². The van der Waals surface area contributed by atoms with Crippen LogP contribution in [0.25, 0.3) is 0 Å². The second-order valence-corrected chi connectivity index (χ2v) is 5.48. The lowest BCUT2D eigenvalue weighted by molar-refractivity contribution is 0.414. The Morgan fingerprint density at radius 3 is 2.56 bits per heavy atom. The van der Waals surface area contributed by atoms with E-state index in [4.69, 9.17) is 15.2 Å². The summed E-state index contributed by atoms with van der Waals surface area (Å²) >= 11 is 0. The van der Waals surface area contributed by atoms with Gasteiger partial charge in [0.05, 0.1) is 26.8 Å². The van der Waals surface area contributed by atoms with E-state index in [0.717, 1.165) is 22.7 Å². The lowest BCUT2D eigenvalue weighted by Gasteiger charge is -2.09. The first-order chi connectivity index (χ1) is 12.2. The van der Waals surface area contributed by atoms with E-state index in [0.29, 0.717) is 18.2 Å². The average molecular weight is 339 g/mol. The van der Waals surface area contributed by atoms with Gasteiger partial charge >= 0.3 is 0 Å². The van der Waals surface area contributed by atoms with E-state index in [2.05, 4.69) is 20.5 Å². The van der Waals surface area contributed by atoms with Crippen LogP contribution in [0.5, 0.6) is 11.5 Å². The zero-order valence-electron chi connectivity index (χ0n) is 14.2. The first kappa shape index (κ1) is 16.8. The molecule has 7 nitrogen and oxygen atoms in total. The summed E-state index contributed by atoms with van der Waals surface area (Å²) in [5, 5.41) is 10.4. The summed E-state index contributed by atoms with van der Waals surface area (Å²) in [6.45, 7) is 0.518. The molecule has 3 rings (SSSR count). The highest BCUT2D eigenvalue weighted by molar-refractivity contribution is 5.46. The van der Waals surface area contributed by atoms with Gasteiger partial charge in [-0.25, -0.2) is 4.98 Å². The number of aromatic amines is 1. The summed E-state index contributed by atoms with van der Waals surface area (Å²) in [7, 11) is 3.27. The minimum atomic E-state index is -0.416. The van der Waals surface area contributed by atoms with E-state index >= 15 is 0 Å². The lowest BCUT2D eigenvalue weighted by atomic mass is 10.1. The minimum absolute atomic E-state index is 0.416. The molecule has 0 aliphatic carbocycles. The third-order valence-corrected chi connectivity index (χ3v) is 3.83.